The molecule has 1 aliphatic rings. The number of nitrogens with zero attached hydrogens (tertiary/aromatic N) is 1. The van der Waals surface area contributed by atoms with Crippen LogP contribution in [0.15, 0.2) is 22.8 Å². The Morgan fingerprint density at radius 2 is 2.19 bits per heavy atom. The van der Waals surface area contributed by atoms with Crippen molar-refractivity contribution < 1.29 is 5.11 Å². The molecule has 1 fully saturated rings. The first-order chi connectivity index (χ1) is 7.65. The lowest BCUT2D eigenvalue weighted by Crippen LogP contribution is -1.96. The first-order valence-electron chi connectivity index (χ1n) is 5.63. The van der Waals surface area contributed by atoms with Crippen LogP contribution in [0.4, 0.5) is 0 Å². The summed E-state index contributed by atoms with van der Waals surface area (Å²) in [7, 11) is 0. The number of aromatic nitrogens is 1. The monoisotopic (exact) mass is 279 g/mol. The number of halogens is 1. The highest BCUT2D eigenvalue weighted by molar-refractivity contribution is 9.10. The molecule has 2 nitrogen and oxygen atoms in total. The molecule has 0 unspecified atom stereocenters. The molecule has 0 saturated heterocycles. The molecule has 3 heteroatoms. The number of fused-ring (bicyclic) bond motifs is 1. The van der Waals surface area contributed by atoms with Crippen molar-refractivity contribution in [3.8, 4) is 5.88 Å². The molecule has 1 heterocycles. The predicted molar refractivity (Wildman–Crippen MR) is 68.8 cm³/mol. The third kappa shape index (κ3) is 1.63. The molecule has 3 rings (SSSR count). The second-order valence-electron chi connectivity index (χ2n) is 4.74. The summed E-state index contributed by atoms with van der Waals surface area (Å²) in [4.78, 5) is 0. The van der Waals surface area contributed by atoms with Gasteiger partial charge in [0.2, 0.25) is 0 Å². The summed E-state index contributed by atoms with van der Waals surface area (Å²) in [6.45, 7) is 2.99. The second kappa shape index (κ2) is 3.52. The Labute approximate surface area is 103 Å². The van der Waals surface area contributed by atoms with Crippen LogP contribution in [0.25, 0.3) is 10.8 Å². The van der Waals surface area contributed by atoms with Gasteiger partial charge in [0, 0.05) is 28.0 Å². The van der Waals surface area contributed by atoms with Crippen molar-refractivity contribution in [3.05, 3.63) is 28.4 Å². The van der Waals surface area contributed by atoms with Crippen molar-refractivity contribution in [2.24, 2.45) is 5.92 Å². The normalized spacial score (nSPS) is 15.9. The maximum Gasteiger partial charge on any atom is 0.199 e. The van der Waals surface area contributed by atoms with Gasteiger partial charge in [0.1, 0.15) is 0 Å². The third-order valence-corrected chi connectivity index (χ3v) is 3.73. The third-order valence-electron chi connectivity index (χ3n) is 3.27. The zero-order valence-corrected chi connectivity index (χ0v) is 10.8. The van der Waals surface area contributed by atoms with E-state index in [1.807, 2.05) is 17.6 Å². The standard InChI is InChI=1S/C13H14BrNO/c1-8-4-11(14)5-10-7-15(6-9-2-3-9)13(16)12(8)10/h4-5,7,9,16H,2-3,6H2,1H3. The molecular formula is C13H14BrNO. The van der Waals surface area contributed by atoms with E-state index >= 15 is 0 Å². The maximum absolute atomic E-state index is 10.2. The van der Waals surface area contributed by atoms with Crippen LogP contribution >= 0.6 is 15.9 Å². The Bertz CT molecular complexity index is 555. The SMILES string of the molecule is Cc1cc(Br)cc2cn(CC3CC3)c(O)c12. The molecule has 1 aliphatic carbocycles. The Morgan fingerprint density at radius 1 is 1.44 bits per heavy atom. The van der Waals surface area contributed by atoms with Crippen LogP contribution in [0.3, 0.4) is 0 Å². The Morgan fingerprint density at radius 3 is 2.88 bits per heavy atom. The van der Waals surface area contributed by atoms with Gasteiger partial charge in [-0.1, -0.05) is 15.9 Å². The van der Waals surface area contributed by atoms with Crippen LogP contribution < -0.4 is 0 Å². The van der Waals surface area contributed by atoms with Gasteiger partial charge in [-0.3, -0.25) is 0 Å². The lowest BCUT2D eigenvalue weighted by Gasteiger charge is -2.03. The fourth-order valence-corrected chi connectivity index (χ4v) is 2.86. The van der Waals surface area contributed by atoms with Gasteiger partial charge in [-0.25, -0.2) is 0 Å². The molecule has 84 valence electrons. The Kier molecular flexibility index (Phi) is 2.25. The van der Waals surface area contributed by atoms with E-state index in [9.17, 15) is 5.11 Å². The van der Waals surface area contributed by atoms with Crippen LogP contribution in [0.5, 0.6) is 5.88 Å². The van der Waals surface area contributed by atoms with Gasteiger partial charge in [-0.05, 0) is 43.4 Å². The second-order valence-corrected chi connectivity index (χ2v) is 5.65. The van der Waals surface area contributed by atoms with Gasteiger partial charge in [-0.15, -0.1) is 0 Å². The summed E-state index contributed by atoms with van der Waals surface area (Å²) in [5.74, 6) is 1.20. The molecule has 0 amide bonds. The molecule has 0 radical (unpaired) electrons. The summed E-state index contributed by atoms with van der Waals surface area (Å²) < 4.78 is 3.06. The summed E-state index contributed by atoms with van der Waals surface area (Å²) in [6.07, 6.45) is 4.66. The number of hydrogen-bond acceptors (Lipinski definition) is 1. The molecule has 1 aromatic heterocycles. The van der Waals surface area contributed by atoms with E-state index < -0.39 is 0 Å². The highest BCUT2D eigenvalue weighted by Gasteiger charge is 2.23. The number of rotatable bonds is 2. The van der Waals surface area contributed by atoms with Gasteiger partial charge >= 0.3 is 0 Å². The predicted octanol–water partition coefficient (Wildman–Crippen LogP) is 3.83. The van der Waals surface area contributed by atoms with Crippen LogP contribution in [0, 0.1) is 12.8 Å². The van der Waals surface area contributed by atoms with Crippen LogP contribution in [-0.4, -0.2) is 9.67 Å². The Balaban J connectivity index is 2.16. The molecule has 1 aromatic carbocycles. The molecule has 16 heavy (non-hydrogen) atoms. The smallest absolute Gasteiger partial charge is 0.199 e. The zero-order valence-electron chi connectivity index (χ0n) is 9.20. The number of hydrogen-bond donors (Lipinski definition) is 1. The van der Waals surface area contributed by atoms with E-state index in [-0.39, 0.29) is 0 Å². The van der Waals surface area contributed by atoms with Crippen molar-refractivity contribution in [1.29, 1.82) is 0 Å². The van der Waals surface area contributed by atoms with Crippen molar-refractivity contribution in [3.63, 3.8) is 0 Å². The minimum absolute atomic E-state index is 0.423. The molecular weight excluding hydrogens is 266 g/mol. The maximum atomic E-state index is 10.2. The van der Waals surface area contributed by atoms with E-state index in [2.05, 4.69) is 28.2 Å². The first-order valence-corrected chi connectivity index (χ1v) is 6.42. The van der Waals surface area contributed by atoms with Gasteiger partial charge in [-0.2, -0.15) is 0 Å². The molecule has 0 atom stereocenters. The van der Waals surface area contributed by atoms with E-state index in [1.165, 1.54) is 12.8 Å². The van der Waals surface area contributed by atoms with Crippen molar-refractivity contribution in [2.75, 3.05) is 0 Å². The average molecular weight is 280 g/mol. The van der Waals surface area contributed by atoms with Crippen LogP contribution in [0.1, 0.15) is 18.4 Å². The fraction of sp³-hybridized carbons (Fsp3) is 0.385. The van der Waals surface area contributed by atoms with Gasteiger partial charge in [0.05, 0.1) is 0 Å². The minimum atomic E-state index is 0.423. The van der Waals surface area contributed by atoms with E-state index in [0.717, 1.165) is 33.3 Å². The van der Waals surface area contributed by atoms with Crippen molar-refractivity contribution in [2.45, 2.75) is 26.3 Å². The molecule has 2 aromatic rings. The number of aryl methyl sites for hydroxylation is 1. The van der Waals surface area contributed by atoms with E-state index in [0.29, 0.717) is 5.88 Å². The topological polar surface area (TPSA) is 25.2 Å². The number of benzene rings is 1. The first kappa shape index (κ1) is 10.2. The summed E-state index contributed by atoms with van der Waals surface area (Å²) >= 11 is 3.49. The molecule has 1 saturated carbocycles. The summed E-state index contributed by atoms with van der Waals surface area (Å²) in [5.41, 5.74) is 1.12. The highest BCUT2D eigenvalue weighted by Crippen LogP contribution is 2.37. The van der Waals surface area contributed by atoms with E-state index in [4.69, 9.17) is 0 Å². The van der Waals surface area contributed by atoms with Crippen LogP contribution in [0.2, 0.25) is 0 Å². The number of aromatic hydroxyl groups is 1. The largest absolute Gasteiger partial charge is 0.494 e. The van der Waals surface area contributed by atoms with E-state index in [1.54, 1.807) is 0 Å². The quantitative estimate of drug-likeness (QED) is 0.888. The van der Waals surface area contributed by atoms with Crippen molar-refractivity contribution >= 4 is 26.7 Å². The Hall–Kier alpha value is -0.960. The summed E-state index contributed by atoms with van der Waals surface area (Å²) in [6, 6.07) is 4.11. The van der Waals surface area contributed by atoms with Gasteiger partial charge < -0.3 is 9.67 Å². The van der Waals surface area contributed by atoms with Gasteiger partial charge in [0.15, 0.2) is 5.88 Å². The lowest BCUT2D eigenvalue weighted by molar-refractivity contribution is 0.415. The molecule has 0 aliphatic heterocycles. The summed E-state index contributed by atoms with van der Waals surface area (Å²) in [5, 5.41) is 12.3. The zero-order chi connectivity index (χ0) is 11.3. The molecule has 1 N–H and O–H groups in total. The van der Waals surface area contributed by atoms with Gasteiger partial charge in [0.25, 0.3) is 0 Å². The minimum Gasteiger partial charge on any atom is -0.494 e. The lowest BCUT2D eigenvalue weighted by atomic mass is 10.1. The fourth-order valence-electron chi connectivity index (χ4n) is 2.27. The van der Waals surface area contributed by atoms with Crippen molar-refractivity contribution in [1.82, 2.24) is 4.57 Å². The highest BCUT2D eigenvalue weighted by atomic mass is 79.9. The average Bonchev–Trinajstić information content (AvgIpc) is 2.93. The van der Waals surface area contributed by atoms with Crippen LogP contribution in [-0.2, 0) is 6.54 Å². The molecule has 0 spiro atoms. The molecule has 0 bridgehead atoms.